The predicted octanol–water partition coefficient (Wildman–Crippen LogP) is 3.18. The summed E-state index contributed by atoms with van der Waals surface area (Å²) in [5, 5.41) is 0.848. The summed E-state index contributed by atoms with van der Waals surface area (Å²) in [7, 11) is 0. The molecule has 0 aliphatic rings. The van der Waals surface area contributed by atoms with Crippen LogP contribution in [0.4, 0.5) is 0 Å². The largest absolute Gasteiger partial charge is 0.321 e. The molecule has 5 aromatic rings. The van der Waals surface area contributed by atoms with Gasteiger partial charge in [0.15, 0.2) is 0 Å². The fourth-order valence-corrected chi connectivity index (χ4v) is 3.39. The molecule has 0 radical (unpaired) electrons. The smallest absolute Gasteiger partial charge is 0.282 e. The van der Waals surface area contributed by atoms with E-state index in [1.807, 2.05) is 59.2 Å². The Kier molecular flexibility index (Phi) is 3.53. The first-order chi connectivity index (χ1) is 13.3. The fraction of sp³-hybridized carbons (Fsp3) is 0.0476. The number of aromatic nitrogens is 5. The van der Waals surface area contributed by atoms with E-state index >= 15 is 0 Å². The van der Waals surface area contributed by atoms with Crippen molar-refractivity contribution in [2.45, 2.75) is 6.54 Å². The second-order valence-electron chi connectivity index (χ2n) is 6.28. The molecule has 0 spiro atoms. The second-order valence-corrected chi connectivity index (χ2v) is 6.28. The molecular weight excluding hydrogens is 338 g/mol. The molecule has 5 rings (SSSR count). The Bertz CT molecular complexity index is 1310. The van der Waals surface area contributed by atoms with Crippen molar-refractivity contribution in [3.8, 4) is 5.69 Å². The molecule has 130 valence electrons. The highest BCUT2D eigenvalue weighted by atomic mass is 16.1. The summed E-state index contributed by atoms with van der Waals surface area (Å²) >= 11 is 0. The lowest BCUT2D eigenvalue weighted by molar-refractivity contribution is 0.812. The molecule has 0 saturated carbocycles. The molecule has 0 fully saturated rings. The molecule has 0 bridgehead atoms. The highest BCUT2D eigenvalue weighted by Gasteiger charge is 2.17. The quantitative estimate of drug-likeness (QED) is 0.500. The maximum atomic E-state index is 13.5. The first-order valence-corrected chi connectivity index (χ1v) is 8.62. The molecule has 6 nitrogen and oxygen atoms in total. The van der Waals surface area contributed by atoms with E-state index in [0.717, 1.165) is 16.6 Å². The van der Waals surface area contributed by atoms with Crippen LogP contribution >= 0.6 is 0 Å². The Morgan fingerprint density at radius 3 is 2.56 bits per heavy atom. The van der Waals surface area contributed by atoms with Crippen molar-refractivity contribution in [3.63, 3.8) is 0 Å². The van der Waals surface area contributed by atoms with E-state index in [1.54, 1.807) is 29.5 Å². The molecule has 4 heterocycles. The molecule has 0 saturated heterocycles. The van der Waals surface area contributed by atoms with E-state index in [-0.39, 0.29) is 5.56 Å². The molecule has 0 aliphatic heterocycles. The van der Waals surface area contributed by atoms with Crippen molar-refractivity contribution in [1.29, 1.82) is 0 Å². The molecule has 4 aromatic heterocycles. The topological polar surface area (TPSA) is 65.6 Å². The van der Waals surface area contributed by atoms with Crippen molar-refractivity contribution in [3.05, 3.63) is 95.4 Å². The highest BCUT2D eigenvalue weighted by molar-refractivity contribution is 6.01. The van der Waals surface area contributed by atoms with Gasteiger partial charge in [-0.2, -0.15) is 0 Å². The zero-order chi connectivity index (χ0) is 18.2. The standard InChI is InChI=1S/C21H15N5O/c27-21-19-18(24-14-25(19)13-15-6-4-10-22-12-15)17-9-5-11-23-20(17)26(21)16-7-2-1-3-8-16/h1-12,14H,13H2. The molecular formula is C21H15N5O. The van der Waals surface area contributed by atoms with E-state index in [4.69, 9.17) is 0 Å². The van der Waals surface area contributed by atoms with Gasteiger partial charge in [-0.1, -0.05) is 24.3 Å². The van der Waals surface area contributed by atoms with E-state index in [2.05, 4.69) is 15.0 Å². The summed E-state index contributed by atoms with van der Waals surface area (Å²) in [5.74, 6) is 0. The van der Waals surface area contributed by atoms with Crippen molar-refractivity contribution in [1.82, 2.24) is 24.1 Å². The van der Waals surface area contributed by atoms with Crippen molar-refractivity contribution >= 4 is 22.1 Å². The lowest BCUT2D eigenvalue weighted by Crippen LogP contribution is -2.22. The van der Waals surface area contributed by atoms with Gasteiger partial charge < -0.3 is 4.57 Å². The van der Waals surface area contributed by atoms with Gasteiger partial charge in [-0.05, 0) is 35.9 Å². The number of pyridine rings is 3. The van der Waals surface area contributed by atoms with Crippen LogP contribution in [-0.2, 0) is 6.54 Å². The van der Waals surface area contributed by atoms with Crippen LogP contribution in [0.3, 0.4) is 0 Å². The number of rotatable bonds is 3. The number of para-hydroxylation sites is 1. The summed E-state index contributed by atoms with van der Waals surface area (Å²) in [6, 6.07) is 17.2. The monoisotopic (exact) mass is 353 g/mol. The predicted molar refractivity (Wildman–Crippen MR) is 104 cm³/mol. The van der Waals surface area contributed by atoms with Gasteiger partial charge in [0.1, 0.15) is 16.7 Å². The third-order valence-corrected chi connectivity index (χ3v) is 4.59. The van der Waals surface area contributed by atoms with Gasteiger partial charge in [-0.25, -0.2) is 9.97 Å². The minimum absolute atomic E-state index is 0.135. The molecule has 0 amide bonds. The average molecular weight is 353 g/mol. The molecule has 0 N–H and O–H groups in total. The van der Waals surface area contributed by atoms with Crippen LogP contribution in [0.1, 0.15) is 5.56 Å². The molecule has 1 aromatic carbocycles. The SMILES string of the molecule is O=c1c2c(ncn2Cc2cccnc2)c2cccnc2n1-c1ccccc1. The van der Waals surface area contributed by atoms with Gasteiger partial charge in [0, 0.05) is 24.0 Å². The summed E-state index contributed by atoms with van der Waals surface area (Å²) in [4.78, 5) is 26.6. The Morgan fingerprint density at radius 1 is 0.889 bits per heavy atom. The Balaban J connectivity index is 1.85. The Hall–Kier alpha value is -3.80. The molecule has 6 heteroatoms. The van der Waals surface area contributed by atoms with E-state index in [0.29, 0.717) is 23.2 Å². The number of imidazole rings is 1. The lowest BCUT2D eigenvalue weighted by Gasteiger charge is -2.11. The lowest BCUT2D eigenvalue weighted by atomic mass is 10.2. The first kappa shape index (κ1) is 15.5. The third kappa shape index (κ3) is 2.50. The van der Waals surface area contributed by atoms with E-state index in [1.165, 1.54) is 0 Å². The van der Waals surface area contributed by atoms with Crippen LogP contribution in [-0.4, -0.2) is 24.1 Å². The van der Waals surface area contributed by atoms with Gasteiger partial charge in [0.25, 0.3) is 5.56 Å². The number of benzene rings is 1. The van der Waals surface area contributed by atoms with Crippen LogP contribution in [0.25, 0.3) is 27.8 Å². The summed E-state index contributed by atoms with van der Waals surface area (Å²) in [5.41, 5.74) is 3.48. The molecule has 27 heavy (non-hydrogen) atoms. The van der Waals surface area contributed by atoms with Gasteiger partial charge in [0.2, 0.25) is 0 Å². The summed E-state index contributed by atoms with van der Waals surface area (Å²) in [6.45, 7) is 0.528. The van der Waals surface area contributed by atoms with Crippen molar-refractivity contribution in [2.24, 2.45) is 0 Å². The number of nitrogens with zero attached hydrogens (tertiary/aromatic N) is 5. The maximum Gasteiger partial charge on any atom is 0.282 e. The van der Waals surface area contributed by atoms with Crippen LogP contribution in [0.5, 0.6) is 0 Å². The fourth-order valence-electron chi connectivity index (χ4n) is 3.39. The Morgan fingerprint density at radius 2 is 1.74 bits per heavy atom. The highest BCUT2D eigenvalue weighted by Crippen LogP contribution is 2.23. The average Bonchev–Trinajstić information content (AvgIpc) is 3.14. The van der Waals surface area contributed by atoms with Gasteiger partial charge >= 0.3 is 0 Å². The maximum absolute atomic E-state index is 13.5. The second kappa shape index (κ2) is 6.17. The van der Waals surface area contributed by atoms with Crippen LogP contribution in [0.15, 0.2) is 84.3 Å². The first-order valence-electron chi connectivity index (χ1n) is 8.62. The van der Waals surface area contributed by atoms with Crippen LogP contribution < -0.4 is 5.56 Å². The van der Waals surface area contributed by atoms with Crippen molar-refractivity contribution in [2.75, 3.05) is 0 Å². The van der Waals surface area contributed by atoms with Gasteiger partial charge in [-0.15, -0.1) is 0 Å². The summed E-state index contributed by atoms with van der Waals surface area (Å²) < 4.78 is 3.53. The number of hydrogen-bond donors (Lipinski definition) is 0. The minimum atomic E-state index is -0.135. The Labute approximate surface area is 154 Å². The molecule has 0 unspecified atom stereocenters. The van der Waals surface area contributed by atoms with Gasteiger partial charge in [0.05, 0.1) is 18.6 Å². The normalized spacial score (nSPS) is 11.3. The van der Waals surface area contributed by atoms with Crippen LogP contribution in [0, 0.1) is 0 Å². The minimum Gasteiger partial charge on any atom is -0.321 e. The number of fused-ring (bicyclic) bond motifs is 3. The molecule has 0 atom stereocenters. The third-order valence-electron chi connectivity index (χ3n) is 4.59. The summed E-state index contributed by atoms with van der Waals surface area (Å²) in [6.07, 6.45) is 6.93. The van der Waals surface area contributed by atoms with Crippen molar-refractivity contribution < 1.29 is 0 Å². The van der Waals surface area contributed by atoms with Crippen LogP contribution in [0.2, 0.25) is 0 Å². The molecule has 0 aliphatic carbocycles. The number of hydrogen-bond acceptors (Lipinski definition) is 4. The zero-order valence-electron chi connectivity index (χ0n) is 14.4. The zero-order valence-corrected chi connectivity index (χ0v) is 14.4. The van der Waals surface area contributed by atoms with Gasteiger partial charge in [-0.3, -0.25) is 14.3 Å². The van der Waals surface area contributed by atoms with E-state index < -0.39 is 0 Å². The van der Waals surface area contributed by atoms with E-state index in [9.17, 15) is 4.79 Å².